The van der Waals surface area contributed by atoms with E-state index in [1.54, 1.807) is 85.1 Å². The number of hydrogen-bond acceptors (Lipinski definition) is 10. The second kappa shape index (κ2) is 29.6. The standard InChI is InChI=1S/C15H15NO2.C15H13NO2.C13H10INO2.C8H11NO.C7H13N.C5H7IO.ClH/c2*1-2-10-6-5-9-13(10)16-14(17)11-7-3-4-8-12(11)15(16)18;14-10-6-3-7-11(10)15-12(16)8-4-1-2-5-9(8)13(15)17;1-2-7-4-3-5-8(7)10-6-9;1-2-6-4-3-5-7(6)8;6-4-2-1-3-5(4)7;/h3-4,6-8,13H,2,5,9H2,1H3;2-4,6-8,13H,1,5,9H2;1-2,4-6,11H,3,7H2;4,8H,2-3,5H2,1H3;4,7H,2-3,5,8H2,1H3;2,5,7H,1,3H2;1H. The molecule has 3 aromatic rings. The van der Waals surface area contributed by atoms with E-state index in [2.05, 4.69) is 103 Å². The number of nitrogens with two attached hydrogens (primary N) is 1. The maximum atomic E-state index is 12.3. The zero-order valence-electron chi connectivity index (χ0n) is 45.1. The van der Waals surface area contributed by atoms with Gasteiger partial charge in [-0.05, 0) is 189 Å². The number of amides is 6. The number of rotatable bonds is 8. The van der Waals surface area contributed by atoms with E-state index in [0.29, 0.717) is 39.4 Å². The van der Waals surface area contributed by atoms with Gasteiger partial charge in [-0.15, -0.1) is 12.4 Å². The van der Waals surface area contributed by atoms with E-state index < -0.39 is 0 Å². The first kappa shape index (κ1) is 62.4. The third kappa shape index (κ3) is 14.2. The van der Waals surface area contributed by atoms with Crippen LogP contribution in [0.4, 0.5) is 0 Å². The van der Waals surface area contributed by atoms with Crippen LogP contribution in [0.1, 0.15) is 179 Å². The SMILES string of the molecule is C=CC1=CCCC1N1C(=O)c2ccccc2C1=O.CCC1=CCCC1N.CCC1=CCCC1N1C(=O)c2ccccc2C1=O.CCC1=CCCC1OC#N.Cl.O=C1c2ccccc2C(=O)N1C1CCC=C1I.OC1CCC=C1I. The summed E-state index contributed by atoms with van der Waals surface area (Å²) in [5, 5.41) is 17.2. The fourth-order valence-electron chi connectivity index (χ4n) is 11.2. The van der Waals surface area contributed by atoms with Crippen LogP contribution in [0.25, 0.3) is 0 Å². The van der Waals surface area contributed by atoms with Gasteiger partial charge < -0.3 is 15.6 Å². The largest absolute Gasteiger partial charge is 0.420 e. The molecular weight excluding hydrogens is 1240 g/mol. The van der Waals surface area contributed by atoms with Crippen LogP contribution < -0.4 is 5.73 Å². The number of allylic oxidation sites excluding steroid dienone is 6. The van der Waals surface area contributed by atoms with Crippen molar-refractivity contribution in [3.8, 4) is 6.26 Å². The van der Waals surface area contributed by atoms with Crippen molar-refractivity contribution >= 4 is 93.0 Å². The Morgan fingerprint density at radius 3 is 1.28 bits per heavy atom. The molecule has 0 saturated heterocycles. The highest BCUT2D eigenvalue weighted by Gasteiger charge is 2.44. The lowest BCUT2D eigenvalue weighted by Crippen LogP contribution is -2.39. The molecule has 0 bridgehead atoms. The minimum atomic E-state index is -0.185. The topological polar surface area (TPSA) is 191 Å². The zero-order chi connectivity index (χ0) is 56.0. The Morgan fingerprint density at radius 2 is 0.911 bits per heavy atom. The Balaban J connectivity index is 0.000000158. The highest BCUT2D eigenvalue weighted by molar-refractivity contribution is 14.1. The van der Waals surface area contributed by atoms with Crippen LogP contribution >= 0.6 is 57.6 Å². The second-order valence-corrected chi connectivity index (χ2v) is 22.4. The molecule has 9 aliphatic rings. The van der Waals surface area contributed by atoms with Crippen molar-refractivity contribution in [2.75, 3.05) is 0 Å². The normalized spacial score (nSPS) is 23.6. The van der Waals surface area contributed by atoms with Gasteiger partial charge in [-0.1, -0.05) is 117 Å². The summed E-state index contributed by atoms with van der Waals surface area (Å²) >= 11 is 4.39. The minimum absolute atomic E-state index is 0. The van der Waals surface area contributed by atoms with Crippen LogP contribution in [-0.4, -0.2) is 91.6 Å². The van der Waals surface area contributed by atoms with Crippen LogP contribution in [0.3, 0.4) is 0 Å². The third-order valence-electron chi connectivity index (χ3n) is 15.4. The molecule has 416 valence electrons. The van der Waals surface area contributed by atoms with Crippen molar-refractivity contribution in [2.24, 2.45) is 5.73 Å². The summed E-state index contributed by atoms with van der Waals surface area (Å²) in [6.45, 7) is 10.1. The number of fused-ring (bicyclic) bond motifs is 3. The second-order valence-electron chi connectivity index (χ2n) is 19.9. The molecule has 3 N–H and O–H groups in total. The molecule has 79 heavy (non-hydrogen) atoms. The van der Waals surface area contributed by atoms with E-state index in [4.69, 9.17) is 20.8 Å². The van der Waals surface area contributed by atoms with Crippen molar-refractivity contribution in [3.63, 3.8) is 0 Å². The van der Waals surface area contributed by atoms with E-state index in [9.17, 15) is 28.8 Å². The van der Waals surface area contributed by atoms with E-state index in [1.165, 1.54) is 44.3 Å². The highest BCUT2D eigenvalue weighted by atomic mass is 127. The Bertz CT molecular complexity index is 2940. The number of nitrogens with zero attached hydrogens (tertiary/aromatic N) is 4. The van der Waals surface area contributed by atoms with Crippen molar-refractivity contribution in [1.29, 1.82) is 5.26 Å². The number of carbonyl (C=O) groups excluding carboxylic acids is 6. The molecule has 6 atom stereocenters. The van der Waals surface area contributed by atoms with E-state index in [1.807, 2.05) is 6.08 Å². The zero-order valence-corrected chi connectivity index (χ0v) is 50.2. The lowest BCUT2D eigenvalue weighted by Gasteiger charge is -2.24. The maximum absolute atomic E-state index is 12.3. The number of benzene rings is 3. The molecule has 6 unspecified atom stereocenters. The number of aliphatic hydroxyl groups is 1. The summed E-state index contributed by atoms with van der Waals surface area (Å²) in [6, 6.07) is 21.3. The van der Waals surface area contributed by atoms with Gasteiger partial charge in [0.25, 0.3) is 41.7 Å². The molecule has 6 aliphatic carbocycles. The molecule has 13 nitrogen and oxygen atoms in total. The predicted molar refractivity (Wildman–Crippen MR) is 327 cm³/mol. The summed E-state index contributed by atoms with van der Waals surface area (Å²) in [4.78, 5) is 77.9. The summed E-state index contributed by atoms with van der Waals surface area (Å²) < 4.78 is 7.05. The first-order chi connectivity index (χ1) is 37.7. The van der Waals surface area contributed by atoms with Crippen LogP contribution in [0.2, 0.25) is 0 Å². The number of aliphatic hydroxyl groups excluding tert-OH is 1. The maximum Gasteiger partial charge on any atom is 0.286 e. The van der Waals surface area contributed by atoms with Gasteiger partial charge in [0.15, 0.2) is 0 Å². The third-order valence-corrected chi connectivity index (χ3v) is 17.7. The van der Waals surface area contributed by atoms with Crippen LogP contribution in [0.5, 0.6) is 0 Å². The summed E-state index contributed by atoms with van der Waals surface area (Å²) in [7, 11) is 0. The molecular formula is C63H70ClI2N5O8. The fraction of sp³-hybridized carbons (Fsp3) is 0.381. The Kier molecular flexibility index (Phi) is 23.4. The Morgan fingerprint density at radius 1 is 0.544 bits per heavy atom. The molecule has 3 heterocycles. The average Bonchev–Trinajstić information content (AvgIpc) is 4.43. The molecule has 6 amide bonds. The quantitative estimate of drug-likeness (QED) is 0.0949. The van der Waals surface area contributed by atoms with Crippen molar-refractivity contribution in [2.45, 2.75) is 153 Å². The molecule has 0 saturated carbocycles. The predicted octanol–water partition coefficient (Wildman–Crippen LogP) is 13.4. The smallest absolute Gasteiger partial charge is 0.286 e. The summed E-state index contributed by atoms with van der Waals surface area (Å²) in [5.41, 5.74) is 13.8. The number of ether oxygens (including phenoxy) is 1. The monoisotopic (exact) mass is 1310 g/mol. The first-order valence-corrected chi connectivity index (χ1v) is 29.4. The molecule has 3 aliphatic heterocycles. The van der Waals surface area contributed by atoms with E-state index in [0.717, 1.165) is 96.2 Å². The van der Waals surface area contributed by atoms with Gasteiger partial charge in [-0.25, -0.2) is 0 Å². The van der Waals surface area contributed by atoms with Crippen LogP contribution in [0, 0.1) is 11.5 Å². The van der Waals surface area contributed by atoms with Gasteiger partial charge in [0.1, 0.15) is 6.10 Å². The Labute approximate surface area is 498 Å². The highest BCUT2D eigenvalue weighted by Crippen LogP contribution is 2.37. The summed E-state index contributed by atoms with van der Waals surface area (Å²) in [6.07, 6.45) is 31.0. The van der Waals surface area contributed by atoms with Gasteiger partial charge in [-0.3, -0.25) is 43.5 Å². The molecule has 0 radical (unpaired) electrons. The van der Waals surface area contributed by atoms with E-state index >= 15 is 0 Å². The van der Waals surface area contributed by atoms with Gasteiger partial charge in [0.05, 0.1) is 57.6 Å². The van der Waals surface area contributed by atoms with Crippen LogP contribution in [-0.2, 0) is 4.74 Å². The van der Waals surface area contributed by atoms with E-state index in [-0.39, 0.29) is 78.2 Å². The molecule has 0 spiro atoms. The average molecular weight is 1310 g/mol. The molecule has 0 aromatic heterocycles. The van der Waals surface area contributed by atoms with Crippen molar-refractivity contribution in [3.05, 3.63) is 185 Å². The van der Waals surface area contributed by atoms with Crippen LogP contribution in [0.15, 0.2) is 151 Å². The van der Waals surface area contributed by atoms with Gasteiger partial charge in [-0.2, -0.15) is 5.26 Å². The molecule has 12 rings (SSSR count). The number of halogens is 3. The molecule has 16 heteroatoms. The Hall–Kier alpha value is -5.78. The molecule has 0 fully saturated rings. The van der Waals surface area contributed by atoms with Gasteiger partial charge in [0.2, 0.25) is 0 Å². The summed E-state index contributed by atoms with van der Waals surface area (Å²) in [5.74, 6) is -0.950. The minimum Gasteiger partial charge on any atom is -0.420 e. The van der Waals surface area contributed by atoms with Gasteiger partial charge in [0, 0.05) is 13.2 Å². The number of carbonyl (C=O) groups is 6. The molecule has 3 aromatic carbocycles. The first-order valence-electron chi connectivity index (χ1n) is 27.2. The van der Waals surface area contributed by atoms with Crippen molar-refractivity contribution in [1.82, 2.24) is 14.7 Å². The fourth-order valence-corrected chi connectivity index (χ4v) is 12.7. The number of imide groups is 3. The number of nitriles is 1. The lowest BCUT2D eigenvalue weighted by atomic mass is 10.1. The lowest BCUT2D eigenvalue weighted by molar-refractivity contribution is 0.0592. The van der Waals surface area contributed by atoms with Gasteiger partial charge >= 0.3 is 0 Å². The number of hydrogen-bond donors (Lipinski definition) is 2. The van der Waals surface area contributed by atoms with Crippen molar-refractivity contribution < 1.29 is 38.6 Å².